The van der Waals surface area contributed by atoms with E-state index < -0.39 is 0 Å². The Labute approximate surface area is 251 Å². The predicted molar refractivity (Wildman–Crippen MR) is 179 cm³/mol. The maximum atomic E-state index is 11.9. The molecule has 0 aromatic carbocycles. The average Bonchev–Trinajstić information content (AvgIpc) is 2.96. The predicted octanol–water partition coefficient (Wildman–Crippen LogP) is 12.9. The molecule has 0 unspecified atom stereocenters. The Balaban J connectivity index is 3.28. The Morgan fingerprint density at radius 3 is 1.20 bits per heavy atom. The molecule has 40 heavy (non-hydrogen) atoms. The molecule has 0 aliphatic rings. The van der Waals surface area contributed by atoms with Crippen molar-refractivity contribution in [2.24, 2.45) is 0 Å². The van der Waals surface area contributed by atoms with Gasteiger partial charge in [0, 0.05) is 6.42 Å². The normalized spacial score (nSPS) is 12.2. The number of carbonyl (C=O) groups excluding carboxylic acids is 1. The van der Waals surface area contributed by atoms with E-state index in [1.54, 1.807) is 0 Å². The third kappa shape index (κ3) is 34.5. The summed E-state index contributed by atoms with van der Waals surface area (Å²) in [5.74, 6) is 0.00253. The van der Waals surface area contributed by atoms with Crippen LogP contribution in [0, 0.1) is 0 Å². The maximum Gasteiger partial charge on any atom is 0.305 e. The lowest BCUT2D eigenvalue weighted by Gasteiger charge is -2.05. The van der Waals surface area contributed by atoms with Crippen molar-refractivity contribution in [3.8, 4) is 0 Å². The van der Waals surface area contributed by atoms with Gasteiger partial charge >= 0.3 is 5.97 Å². The van der Waals surface area contributed by atoms with Gasteiger partial charge in [-0.2, -0.15) is 0 Å². The van der Waals surface area contributed by atoms with Gasteiger partial charge in [0.05, 0.1) is 6.61 Å². The second kappa shape index (κ2) is 35.5. The average molecular weight is 557 g/mol. The molecule has 0 bridgehead atoms. The molecule has 0 aromatic rings. The van der Waals surface area contributed by atoms with Gasteiger partial charge < -0.3 is 4.74 Å². The number of allylic oxidation sites excluding steroid dienone is 8. The smallest absolute Gasteiger partial charge is 0.305 e. The molecule has 0 aliphatic heterocycles. The first-order valence-corrected chi connectivity index (χ1v) is 17.6. The number of hydrogen-bond donors (Lipinski definition) is 0. The lowest BCUT2D eigenvalue weighted by molar-refractivity contribution is -0.143. The molecule has 0 rings (SSSR count). The van der Waals surface area contributed by atoms with E-state index in [0.29, 0.717) is 13.0 Å². The molecular weight excluding hydrogens is 488 g/mol. The minimum Gasteiger partial charge on any atom is -0.466 e. The molecule has 0 fully saturated rings. The number of rotatable bonds is 31. The largest absolute Gasteiger partial charge is 0.466 e. The summed E-state index contributed by atoms with van der Waals surface area (Å²) in [7, 11) is 0. The second-order valence-electron chi connectivity index (χ2n) is 11.5. The van der Waals surface area contributed by atoms with Crippen LogP contribution in [0.25, 0.3) is 0 Å². The van der Waals surface area contributed by atoms with Crippen molar-refractivity contribution < 1.29 is 9.53 Å². The molecule has 0 atom stereocenters. The van der Waals surface area contributed by atoms with Gasteiger partial charge in [-0.3, -0.25) is 4.79 Å². The highest BCUT2D eigenvalue weighted by Crippen LogP contribution is 2.12. The first-order valence-electron chi connectivity index (χ1n) is 17.6. The molecule has 0 radical (unpaired) electrons. The number of ether oxygens (including phenoxy) is 1. The van der Waals surface area contributed by atoms with Crippen LogP contribution < -0.4 is 0 Å². The fraction of sp³-hybridized carbons (Fsp3) is 0.763. The third-order valence-corrected chi connectivity index (χ3v) is 7.44. The summed E-state index contributed by atoms with van der Waals surface area (Å²) >= 11 is 0. The van der Waals surface area contributed by atoms with Gasteiger partial charge in [-0.25, -0.2) is 0 Å². The monoisotopic (exact) mass is 557 g/mol. The Hall–Kier alpha value is -1.57. The summed E-state index contributed by atoms with van der Waals surface area (Å²) < 4.78 is 5.43. The lowest BCUT2D eigenvalue weighted by Crippen LogP contribution is -2.05. The van der Waals surface area contributed by atoms with E-state index in [4.69, 9.17) is 4.74 Å². The first-order chi connectivity index (χ1) is 19.8. The van der Waals surface area contributed by atoms with Gasteiger partial charge in [0.2, 0.25) is 0 Å². The third-order valence-electron chi connectivity index (χ3n) is 7.44. The van der Waals surface area contributed by atoms with Crippen LogP contribution in [0.2, 0.25) is 0 Å². The highest BCUT2D eigenvalue weighted by Gasteiger charge is 2.02. The molecule has 232 valence electrons. The summed E-state index contributed by atoms with van der Waals surface area (Å²) in [5.41, 5.74) is 0. The van der Waals surface area contributed by atoms with Crippen LogP contribution in [0.15, 0.2) is 48.6 Å². The van der Waals surface area contributed by atoms with E-state index in [1.807, 2.05) is 0 Å². The summed E-state index contributed by atoms with van der Waals surface area (Å²) in [6.45, 7) is 5.12. The number of esters is 1. The Bertz CT molecular complexity index is 613. The molecule has 0 aromatic heterocycles. The molecule has 0 amide bonds. The van der Waals surface area contributed by atoms with Crippen molar-refractivity contribution in [3.63, 3.8) is 0 Å². The van der Waals surface area contributed by atoms with Crippen molar-refractivity contribution in [1.82, 2.24) is 0 Å². The van der Waals surface area contributed by atoms with E-state index in [1.165, 1.54) is 128 Å². The molecule has 0 saturated carbocycles. The van der Waals surface area contributed by atoms with Gasteiger partial charge in [-0.05, 0) is 77.0 Å². The minimum atomic E-state index is 0.00253. The fourth-order valence-electron chi connectivity index (χ4n) is 4.78. The zero-order chi connectivity index (χ0) is 29.0. The van der Waals surface area contributed by atoms with Crippen molar-refractivity contribution in [3.05, 3.63) is 48.6 Å². The molecule has 2 nitrogen and oxygen atoms in total. The van der Waals surface area contributed by atoms with Gasteiger partial charge in [0.25, 0.3) is 0 Å². The van der Waals surface area contributed by atoms with Crippen LogP contribution in [0.1, 0.15) is 181 Å². The van der Waals surface area contributed by atoms with E-state index in [2.05, 4.69) is 62.5 Å². The van der Waals surface area contributed by atoms with Gasteiger partial charge in [0.15, 0.2) is 0 Å². The van der Waals surface area contributed by atoms with Gasteiger partial charge in [0.1, 0.15) is 0 Å². The zero-order valence-corrected chi connectivity index (χ0v) is 27.0. The molecule has 0 N–H and O–H groups in total. The lowest BCUT2D eigenvalue weighted by atomic mass is 10.1. The van der Waals surface area contributed by atoms with Crippen LogP contribution in [-0.2, 0) is 9.53 Å². The van der Waals surface area contributed by atoms with E-state index in [-0.39, 0.29) is 5.97 Å². The van der Waals surface area contributed by atoms with Crippen LogP contribution in [-0.4, -0.2) is 12.6 Å². The summed E-state index contributed by atoms with van der Waals surface area (Å²) in [4.78, 5) is 11.9. The Morgan fingerprint density at radius 1 is 0.425 bits per heavy atom. The molecule has 0 spiro atoms. The highest BCUT2D eigenvalue weighted by atomic mass is 16.5. The molecule has 2 heteroatoms. The topological polar surface area (TPSA) is 26.3 Å². The minimum absolute atomic E-state index is 0.00253. The second-order valence-corrected chi connectivity index (χ2v) is 11.5. The Kier molecular flexibility index (Phi) is 34.1. The van der Waals surface area contributed by atoms with Crippen molar-refractivity contribution in [2.45, 2.75) is 181 Å². The van der Waals surface area contributed by atoms with Crippen molar-refractivity contribution in [2.75, 3.05) is 6.61 Å². The van der Waals surface area contributed by atoms with Crippen LogP contribution >= 0.6 is 0 Å². The number of hydrogen-bond acceptors (Lipinski definition) is 2. The standard InChI is InChI=1S/C38H68O2/c1-3-5-7-9-11-13-15-17-19-20-21-23-25-27-29-31-33-35-37-40-38(39)36-34-32-30-28-26-24-22-18-16-14-12-10-8-6-4-2/h11-14,17-19,22H,3-10,15-16,20-21,23-37H2,1-2H3. The highest BCUT2D eigenvalue weighted by molar-refractivity contribution is 5.69. The van der Waals surface area contributed by atoms with Crippen LogP contribution in [0.4, 0.5) is 0 Å². The maximum absolute atomic E-state index is 11.9. The van der Waals surface area contributed by atoms with Gasteiger partial charge in [-0.15, -0.1) is 0 Å². The molecule has 0 saturated heterocycles. The summed E-state index contributed by atoms with van der Waals surface area (Å²) in [6.07, 6.45) is 50.2. The summed E-state index contributed by atoms with van der Waals surface area (Å²) in [5, 5.41) is 0. The quantitative estimate of drug-likeness (QED) is 0.0482. The summed E-state index contributed by atoms with van der Waals surface area (Å²) in [6, 6.07) is 0. The zero-order valence-electron chi connectivity index (χ0n) is 27.0. The number of carbonyl (C=O) groups is 1. The van der Waals surface area contributed by atoms with E-state index in [0.717, 1.165) is 32.1 Å². The van der Waals surface area contributed by atoms with Crippen LogP contribution in [0.3, 0.4) is 0 Å². The fourth-order valence-corrected chi connectivity index (χ4v) is 4.78. The first kappa shape index (κ1) is 38.4. The molecule has 0 aliphatic carbocycles. The van der Waals surface area contributed by atoms with E-state index >= 15 is 0 Å². The number of unbranched alkanes of at least 4 members (excludes halogenated alkanes) is 19. The van der Waals surface area contributed by atoms with E-state index in [9.17, 15) is 4.79 Å². The SMILES string of the molecule is CCCCCC=CCC=CCCCCCCCCCCOC(=O)CCCCCCCC=CCC=CCCCCC. The van der Waals surface area contributed by atoms with Crippen molar-refractivity contribution in [1.29, 1.82) is 0 Å². The van der Waals surface area contributed by atoms with Crippen LogP contribution in [0.5, 0.6) is 0 Å². The van der Waals surface area contributed by atoms with Crippen molar-refractivity contribution >= 4 is 5.97 Å². The molecule has 0 heterocycles. The van der Waals surface area contributed by atoms with Gasteiger partial charge in [-0.1, -0.05) is 146 Å². The Morgan fingerprint density at radius 2 is 0.775 bits per heavy atom. The molecular formula is C38H68O2.